The number of carboxylic acid groups (broad SMARTS) is 1. The van der Waals surface area contributed by atoms with E-state index >= 15 is 0 Å². The monoisotopic (exact) mass is 281 g/mol. The molecule has 0 aliphatic rings. The van der Waals surface area contributed by atoms with Crippen molar-refractivity contribution in [1.82, 2.24) is 4.58 Å². The van der Waals surface area contributed by atoms with E-state index in [9.17, 15) is 4.79 Å². The van der Waals surface area contributed by atoms with Gasteiger partial charge in [-0.2, -0.15) is 0 Å². The first-order valence-electron chi connectivity index (χ1n) is 1.47. The van der Waals surface area contributed by atoms with Crippen molar-refractivity contribution < 1.29 is 41.3 Å². The van der Waals surface area contributed by atoms with Crippen LogP contribution in [0.5, 0.6) is 0 Å². The van der Waals surface area contributed by atoms with Crippen LogP contribution in [0.4, 0.5) is 0 Å². The topological polar surface area (TPSA) is 60.8 Å². The van der Waals surface area contributed by atoms with Gasteiger partial charge in [-0.1, -0.05) is 4.58 Å². The normalized spacial score (nSPS) is 6.70. The third-order valence-electron chi connectivity index (χ3n) is 0.266. The third-order valence-corrected chi connectivity index (χ3v) is 0.385. The molecule has 4 nitrogen and oxygen atoms in total. The summed E-state index contributed by atoms with van der Waals surface area (Å²) in [7, 11) is 0. The minimum absolute atomic E-state index is 0. The van der Waals surface area contributed by atoms with Crippen molar-refractivity contribution in [1.29, 1.82) is 0 Å². The summed E-state index contributed by atoms with van der Waals surface area (Å²) in [6.45, 7) is -0.568. The molecule has 0 saturated carbocycles. The molecule has 2 N–H and O–H groups in total. The van der Waals surface area contributed by atoms with Gasteiger partial charge in [-0.3, -0.25) is 10.0 Å². The van der Waals surface area contributed by atoms with Gasteiger partial charge in [0.2, 0.25) is 0 Å². The predicted octanol–water partition coefficient (Wildman–Crippen LogP) is -0.849. The largest absolute Gasteiger partial charge is 0.480 e. The number of carbonyl (C=O) groups is 1. The fourth-order valence-electron chi connectivity index (χ4n) is 0.112. The second kappa shape index (κ2) is 13.0. The first-order valence-corrected chi connectivity index (χ1v) is 1.80. The van der Waals surface area contributed by atoms with Crippen LogP contribution in [0, 0.1) is 0 Å². The molecular formula is C2H8AlCl2NO3Zr. The Morgan fingerprint density at radius 3 is 1.90 bits per heavy atom. The summed E-state index contributed by atoms with van der Waals surface area (Å²) in [5.41, 5.74) is 0. The number of rotatable bonds is 2. The zero-order valence-corrected chi connectivity index (χ0v) is 8.27. The molecule has 60 valence electrons. The van der Waals surface area contributed by atoms with E-state index in [4.69, 9.17) is 10.3 Å². The third kappa shape index (κ3) is 22.8. The minimum Gasteiger partial charge on any atom is -0.480 e. The van der Waals surface area contributed by atoms with Gasteiger partial charge in [-0.05, 0) is 0 Å². The second-order valence-corrected chi connectivity index (χ2v) is 1.28. The minimum atomic E-state index is -1.17. The summed E-state index contributed by atoms with van der Waals surface area (Å²) in [6, 6.07) is 0. The second-order valence-electron chi connectivity index (χ2n) is 0.888. The molecule has 0 atom stereocenters. The van der Waals surface area contributed by atoms with Crippen LogP contribution in [0.15, 0.2) is 0 Å². The van der Waals surface area contributed by atoms with E-state index in [1.807, 2.05) is 0 Å². The average Bonchev–Trinajstić information content (AvgIpc) is 1.27. The van der Waals surface area contributed by atoms with Gasteiger partial charge in [0, 0.05) is 38.0 Å². The van der Waals surface area contributed by atoms with E-state index < -0.39 is 12.5 Å². The van der Waals surface area contributed by atoms with Crippen molar-refractivity contribution in [3.8, 4) is 0 Å². The van der Waals surface area contributed by atoms with Crippen molar-refractivity contribution in [2.45, 2.75) is 0 Å². The Labute approximate surface area is 99.3 Å². The van der Waals surface area contributed by atoms with Crippen LogP contribution < -0.4 is 0 Å². The molecule has 0 aromatic carbocycles. The molecule has 0 unspecified atom stereocenters. The zero-order chi connectivity index (χ0) is 5.86. The molecule has 0 fully saturated rings. The van der Waals surface area contributed by atoms with Crippen molar-refractivity contribution in [2.24, 2.45) is 0 Å². The molecular weight excluding hydrogens is 275 g/mol. The molecule has 0 aromatic rings. The van der Waals surface area contributed by atoms with E-state index in [2.05, 4.69) is 11.8 Å². The van der Waals surface area contributed by atoms with Gasteiger partial charge >= 0.3 is 5.97 Å². The molecule has 0 spiro atoms. The molecule has 0 aliphatic heterocycles. The maximum atomic E-state index is 9.52. The summed E-state index contributed by atoms with van der Waals surface area (Å²) < 4.78 is 0.0718. The summed E-state index contributed by atoms with van der Waals surface area (Å²) in [6.07, 6.45) is 0. The van der Waals surface area contributed by atoms with Gasteiger partial charge in [-0.15, -0.1) is 12.4 Å². The molecule has 0 radical (unpaired) electrons. The van der Waals surface area contributed by atoms with Crippen LogP contribution in [0.3, 0.4) is 0 Å². The van der Waals surface area contributed by atoms with Crippen molar-refractivity contribution >= 4 is 47.5 Å². The van der Waals surface area contributed by atoms with Crippen molar-refractivity contribution in [3.05, 3.63) is 0 Å². The van der Waals surface area contributed by atoms with Gasteiger partial charge in [0.05, 0.1) is 0 Å². The van der Waals surface area contributed by atoms with Crippen LogP contribution in [0.1, 0.15) is 0 Å². The van der Waals surface area contributed by atoms with E-state index in [1.165, 1.54) is 0 Å². The fourth-order valence-corrected chi connectivity index (χ4v) is 0.214. The molecule has 0 bridgehead atoms. The Balaban J connectivity index is -0.0000000600. The van der Waals surface area contributed by atoms with Gasteiger partial charge in [0.1, 0.15) is 6.54 Å². The number of carboxylic acids is 1. The molecule has 0 aliphatic carbocycles. The fraction of sp³-hybridized carbons (Fsp3) is 0.500. The summed E-state index contributed by atoms with van der Waals surface area (Å²) >= 11 is 4.68. The smallest absolute Gasteiger partial charge is 0.321 e. The Hall–Kier alpha value is 1.39. The van der Waals surface area contributed by atoms with Crippen molar-refractivity contribution in [2.75, 3.05) is 6.54 Å². The van der Waals surface area contributed by atoms with Gasteiger partial charge < -0.3 is 5.11 Å². The van der Waals surface area contributed by atoms with Crippen LogP contribution in [0.2, 0.25) is 0 Å². The first kappa shape index (κ1) is 22.5. The van der Waals surface area contributed by atoms with Crippen molar-refractivity contribution in [3.63, 3.8) is 0 Å². The predicted molar refractivity (Wildman–Crippen MR) is 39.2 cm³/mol. The van der Waals surface area contributed by atoms with E-state index in [1.54, 1.807) is 0 Å². The van der Waals surface area contributed by atoms with Gasteiger partial charge in [0.25, 0.3) is 0 Å². The van der Waals surface area contributed by atoms with E-state index in [0.29, 0.717) is 0 Å². The summed E-state index contributed by atoms with van der Waals surface area (Å²) in [5.74, 6) is -1.17. The molecule has 0 amide bonds. The quantitative estimate of drug-likeness (QED) is 0.394. The SMILES string of the molecule is Cl.O=C(O)CN(O)Cl.[AlH3].[Zr]. The van der Waals surface area contributed by atoms with Gasteiger partial charge in [0.15, 0.2) is 17.4 Å². The maximum absolute atomic E-state index is 9.52. The van der Waals surface area contributed by atoms with Crippen LogP contribution in [-0.2, 0) is 31.0 Å². The Kier molecular flexibility index (Phi) is 29.3. The molecule has 0 rings (SSSR count). The molecule has 0 heterocycles. The Bertz CT molecular complexity index is 84.9. The number of aliphatic carboxylic acids is 1. The average molecular weight is 283 g/mol. The summed E-state index contributed by atoms with van der Waals surface area (Å²) in [5, 5.41) is 15.7. The summed E-state index contributed by atoms with van der Waals surface area (Å²) in [4.78, 5) is 9.52. The maximum Gasteiger partial charge on any atom is 0.321 e. The molecule has 10 heavy (non-hydrogen) atoms. The van der Waals surface area contributed by atoms with Gasteiger partial charge in [-0.25, -0.2) is 0 Å². The standard InChI is InChI=1S/C2H4ClNO3.Al.ClH.Zr.3H/c3-4(7)1-2(5)6;;;;;;/h7H,1H2,(H,5,6);;1H;;;;. The molecule has 8 heteroatoms. The number of hydrogen-bond acceptors (Lipinski definition) is 3. The number of halogens is 2. The number of nitrogens with zero attached hydrogens (tertiary/aromatic N) is 1. The molecule has 0 saturated heterocycles. The van der Waals surface area contributed by atoms with Crippen LogP contribution >= 0.6 is 24.2 Å². The Morgan fingerprint density at radius 1 is 1.60 bits per heavy atom. The molecule has 0 aromatic heterocycles. The van der Waals surface area contributed by atoms with E-state index in [0.717, 1.165) is 0 Å². The number of hydrogen-bond donors (Lipinski definition) is 2. The van der Waals surface area contributed by atoms with Crippen LogP contribution in [-0.4, -0.2) is 44.8 Å². The van der Waals surface area contributed by atoms with Crippen LogP contribution in [0.25, 0.3) is 0 Å². The first-order chi connectivity index (χ1) is 3.13. The zero-order valence-electron chi connectivity index (χ0n) is 4.24. The Morgan fingerprint density at radius 2 is 1.90 bits per heavy atom. The number of hydroxylamine groups is 1. The van der Waals surface area contributed by atoms with E-state index in [-0.39, 0.29) is 60.6 Å².